The van der Waals surface area contributed by atoms with Crippen LogP contribution in [0.3, 0.4) is 0 Å². The molecule has 3 saturated heterocycles. The molecule has 0 aliphatic carbocycles. The third kappa shape index (κ3) is 4.20. The van der Waals surface area contributed by atoms with Gasteiger partial charge in [0.25, 0.3) is 0 Å². The summed E-state index contributed by atoms with van der Waals surface area (Å²) in [6, 6.07) is 19.0. The molecule has 4 heteroatoms. The van der Waals surface area contributed by atoms with E-state index in [0.29, 0.717) is 24.5 Å². The van der Waals surface area contributed by atoms with Crippen molar-refractivity contribution in [1.29, 1.82) is 0 Å². The Kier molecular flexibility index (Phi) is 6.25. The van der Waals surface area contributed by atoms with E-state index in [1.807, 2.05) is 18.3 Å². The second kappa shape index (κ2) is 9.31. The van der Waals surface area contributed by atoms with Crippen LogP contribution in [0.2, 0.25) is 5.02 Å². The van der Waals surface area contributed by atoms with Crippen molar-refractivity contribution in [3.05, 3.63) is 89.6 Å². The maximum absolute atomic E-state index is 6.50. The number of piperidine rings is 3. The van der Waals surface area contributed by atoms with Gasteiger partial charge in [0.1, 0.15) is 25.3 Å². The number of pyridine rings is 1. The number of terminal acetylenes is 1. The van der Waals surface area contributed by atoms with Crippen molar-refractivity contribution < 1.29 is 9.22 Å². The average Bonchev–Trinajstić information content (AvgIpc) is 2.84. The van der Waals surface area contributed by atoms with Crippen LogP contribution < -0.4 is 0 Å². The molecule has 1 unspecified atom stereocenters. The first kappa shape index (κ1) is 22.2. The predicted octanol–water partition coefficient (Wildman–Crippen LogP) is 6.19. The minimum absolute atomic E-state index is 0.0956. The number of rotatable bonds is 7. The Labute approximate surface area is 201 Å². The summed E-state index contributed by atoms with van der Waals surface area (Å²) in [7, 11) is 0. The highest BCUT2D eigenvalue weighted by Crippen LogP contribution is 2.49. The third-order valence-electron chi connectivity index (χ3n) is 7.75. The SMILES string of the molecule is C#CCO[C@@H](c1ccnc2ccccc12)[C@H]1C[C@@H]2CC[N+]1(Cc1cccc(Cl)c1)C[C@@H]2C=C. The second-order valence-electron chi connectivity index (χ2n) is 9.52. The molecule has 6 rings (SSSR count). The highest BCUT2D eigenvalue weighted by Gasteiger charge is 2.54. The summed E-state index contributed by atoms with van der Waals surface area (Å²) in [6.45, 7) is 7.61. The highest BCUT2D eigenvalue weighted by atomic mass is 35.5. The molecule has 168 valence electrons. The number of benzene rings is 2. The maximum atomic E-state index is 6.50. The molecule has 3 aromatic rings. The van der Waals surface area contributed by atoms with E-state index in [1.54, 1.807) is 0 Å². The molecule has 1 aromatic heterocycles. The van der Waals surface area contributed by atoms with Gasteiger partial charge in [-0.25, -0.2) is 0 Å². The van der Waals surface area contributed by atoms with E-state index in [9.17, 15) is 0 Å². The number of fused-ring (bicyclic) bond motifs is 4. The molecule has 0 N–H and O–H groups in total. The van der Waals surface area contributed by atoms with Gasteiger partial charge in [0.15, 0.2) is 0 Å². The molecule has 4 heterocycles. The van der Waals surface area contributed by atoms with Crippen molar-refractivity contribution in [1.82, 2.24) is 4.98 Å². The molecule has 2 bridgehead atoms. The van der Waals surface area contributed by atoms with Crippen LogP contribution >= 0.6 is 11.6 Å². The van der Waals surface area contributed by atoms with Crippen molar-refractivity contribution in [3.8, 4) is 12.3 Å². The predicted molar refractivity (Wildman–Crippen MR) is 135 cm³/mol. The number of ether oxygens (including phenoxy) is 1. The van der Waals surface area contributed by atoms with Gasteiger partial charge >= 0.3 is 0 Å². The molecule has 5 atom stereocenters. The standard InChI is InChI=1S/C29H30ClN2O/c1-3-16-33-29(26-12-14-31-27-11-6-5-10-25(26)27)28-18-23-13-15-32(28,20-22(23)4-2)19-21-8-7-9-24(30)17-21/h1,4-12,14,17,22-23,28-29H,2,13,15-16,18-20H2/q+1/t22-,23-,28+,29-,32?/m0/s1. The van der Waals surface area contributed by atoms with E-state index in [4.69, 9.17) is 22.8 Å². The van der Waals surface area contributed by atoms with Crippen molar-refractivity contribution in [2.24, 2.45) is 11.8 Å². The lowest BCUT2D eigenvalue weighted by Crippen LogP contribution is -2.67. The molecular formula is C29H30ClN2O+. The summed E-state index contributed by atoms with van der Waals surface area (Å²) in [5.74, 6) is 3.87. The third-order valence-corrected chi connectivity index (χ3v) is 7.98. The van der Waals surface area contributed by atoms with Crippen LogP contribution in [0.15, 0.2) is 73.4 Å². The van der Waals surface area contributed by atoms with E-state index >= 15 is 0 Å². The molecule has 3 fully saturated rings. The molecule has 2 aromatic carbocycles. The van der Waals surface area contributed by atoms with Gasteiger partial charge in [-0.1, -0.05) is 53.9 Å². The van der Waals surface area contributed by atoms with Crippen molar-refractivity contribution in [3.63, 3.8) is 0 Å². The smallest absolute Gasteiger partial charge is 0.136 e. The molecule has 0 saturated carbocycles. The summed E-state index contributed by atoms with van der Waals surface area (Å²) in [4.78, 5) is 4.59. The maximum Gasteiger partial charge on any atom is 0.136 e. The largest absolute Gasteiger partial charge is 0.355 e. The van der Waals surface area contributed by atoms with E-state index in [2.05, 4.69) is 66.0 Å². The minimum atomic E-state index is -0.0956. The Morgan fingerprint density at radius 1 is 1.24 bits per heavy atom. The number of nitrogens with zero attached hydrogens (tertiary/aromatic N) is 2. The molecule has 3 nitrogen and oxygen atoms in total. The first-order chi connectivity index (χ1) is 16.1. The fraction of sp³-hybridized carbons (Fsp3) is 0.345. The molecule has 0 amide bonds. The number of quaternary nitrogens is 1. The Morgan fingerprint density at radius 2 is 2.12 bits per heavy atom. The highest BCUT2D eigenvalue weighted by molar-refractivity contribution is 6.30. The van der Waals surface area contributed by atoms with Gasteiger partial charge in [-0.05, 0) is 35.7 Å². The fourth-order valence-electron chi connectivity index (χ4n) is 6.27. The lowest BCUT2D eigenvalue weighted by Gasteiger charge is -2.58. The van der Waals surface area contributed by atoms with E-state index in [-0.39, 0.29) is 6.10 Å². The van der Waals surface area contributed by atoms with Gasteiger partial charge in [0, 0.05) is 40.9 Å². The fourth-order valence-corrected chi connectivity index (χ4v) is 6.49. The molecule has 33 heavy (non-hydrogen) atoms. The van der Waals surface area contributed by atoms with Crippen molar-refractivity contribution in [2.75, 3.05) is 19.7 Å². The molecule has 0 radical (unpaired) electrons. The average molecular weight is 458 g/mol. The summed E-state index contributed by atoms with van der Waals surface area (Å²) < 4.78 is 7.47. The first-order valence-electron chi connectivity index (χ1n) is 11.7. The van der Waals surface area contributed by atoms with Crippen LogP contribution in [0.25, 0.3) is 10.9 Å². The Balaban J connectivity index is 1.60. The topological polar surface area (TPSA) is 22.1 Å². The Bertz CT molecular complexity index is 1200. The van der Waals surface area contributed by atoms with Crippen molar-refractivity contribution >= 4 is 22.5 Å². The first-order valence-corrected chi connectivity index (χ1v) is 12.1. The van der Waals surface area contributed by atoms with Crippen LogP contribution in [-0.2, 0) is 11.3 Å². The lowest BCUT2D eigenvalue weighted by atomic mass is 9.71. The van der Waals surface area contributed by atoms with Gasteiger partial charge in [0.05, 0.1) is 18.6 Å². The van der Waals surface area contributed by atoms with Crippen molar-refractivity contribution in [2.45, 2.75) is 31.5 Å². The number of aromatic nitrogens is 1. The van der Waals surface area contributed by atoms with E-state index in [1.165, 1.54) is 17.5 Å². The monoisotopic (exact) mass is 457 g/mol. The zero-order chi connectivity index (χ0) is 22.8. The van der Waals surface area contributed by atoms with Gasteiger partial charge in [0.2, 0.25) is 0 Å². The van der Waals surface area contributed by atoms with Crippen LogP contribution in [-0.4, -0.2) is 35.2 Å². The molecule has 0 spiro atoms. The number of para-hydroxylation sites is 1. The zero-order valence-electron chi connectivity index (χ0n) is 18.9. The Morgan fingerprint density at radius 3 is 2.94 bits per heavy atom. The summed E-state index contributed by atoms with van der Waals surface area (Å²) in [5.41, 5.74) is 3.45. The summed E-state index contributed by atoms with van der Waals surface area (Å²) in [6.07, 6.45) is 12.0. The summed E-state index contributed by atoms with van der Waals surface area (Å²) >= 11 is 6.37. The quantitative estimate of drug-likeness (QED) is 0.240. The summed E-state index contributed by atoms with van der Waals surface area (Å²) in [5, 5.41) is 1.93. The minimum Gasteiger partial charge on any atom is -0.355 e. The molecule has 3 aliphatic rings. The number of halogens is 1. The molecule has 3 aliphatic heterocycles. The van der Waals surface area contributed by atoms with Crippen LogP contribution in [0.1, 0.15) is 30.1 Å². The zero-order valence-corrected chi connectivity index (χ0v) is 19.6. The van der Waals surface area contributed by atoms with E-state index in [0.717, 1.165) is 46.5 Å². The van der Waals surface area contributed by atoms with Crippen LogP contribution in [0, 0.1) is 24.2 Å². The molecular weight excluding hydrogens is 428 g/mol. The van der Waals surface area contributed by atoms with E-state index < -0.39 is 0 Å². The second-order valence-corrected chi connectivity index (χ2v) is 9.95. The van der Waals surface area contributed by atoms with Gasteiger partial charge < -0.3 is 9.22 Å². The van der Waals surface area contributed by atoms with Gasteiger partial charge in [-0.3, -0.25) is 4.98 Å². The Hall–Kier alpha value is -2.64. The van der Waals surface area contributed by atoms with Gasteiger partial charge in [-0.15, -0.1) is 13.0 Å². The van der Waals surface area contributed by atoms with Crippen LogP contribution in [0.5, 0.6) is 0 Å². The number of hydrogen-bond acceptors (Lipinski definition) is 2. The van der Waals surface area contributed by atoms with Gasteiger partial charge in [-0.2, -0.15) is 0 Å². The number of hydrogen-bond donors (Lipinski definition) is 0. The van der Waals surface area contributed by atoms with Crippen LogP contribution in [0.4, 0.5) is 0 Å². The normalized spacial score (nSPS) is 27.2. The lowest BCUT2D eigenvalue weighted by molar-refractivity contribution is -0.985.